The second-order valence-corrected chi connectivity index (χ2v) is 7.02. The molecule has 2 aromatic carbocycles. The van der Waals surface area contributed by atoms with Crippen molar-refractivity contribution >= 4 is 52.4 Å². The van der Waals surface area contributed by atoms with Crippen LogP contribution in [0.5, 0.6) is 11.5 Å². The van der Waals surface area contributed by atoms with Crippen LogP contribution in [0.2, 0.25) is 20.1 Å². The van der Waals surface area contributed by atoms with E-state index in [4.69, 9.17) is 51.5 Å². The van der Waals surface area contributed by atoms with Gasteiger partial charge in [-0.05, 0) is 24.3 Å². The molecule has 5 nitrogen and oxygen atoms in total. The Morgan fingerprint density at radius 2 is 1.24 bits per heavy atom. The van der Waals surface area contributed by atoms with E-state index in [-0.39, 0.29) is 41.2 Å². The summed E-state index contributed by atoms with van der Waals surface area (Å²) in [6, 6.07) is 5.74. The summed E-state index contributed by atoms with van der Waals surface area (Å²) in [5.74, 6) is -1.45. The summed E-state index contributed by atoms with van der Waals surface area (Å²) in [6.45, 7) is -0.295. The lowest BCUT2D eigenvalue weighted by molar-refractivity contribution is -0.138. The lowest BCUT2D eigenvalue weighted by Gasteiger charge is -2.22. The number of aromatic hydroxyl groups is 2. The molecule has 0 saturated heterocycles. The molecule has 0 saturated carbocycles. The van der Waals surface area contributed by atoms with E-state index in [0.29, 0.717) is 21.2 Å². The van der Waals surface area contributed by atoms with Crippen LogP contribution in [-0.4, -0.2) is 32.7 Å². The second kappa shape index (κ2) is 8.34. The molecule has 0 aliphatic heterocycles. The zero-order valence-electron chi connectivity index (χ0n) is 12.6. The van der Waals surface area contributed by atoms with Crippen molar-refractivity contribution in [3.63, 3.8) is 0 Å². The fourth-order valence-electron chi connectivity index (χ4n) is 2.32. The highest BCUT2D eigenvalue weighted by molar-refractivity contribution is 6.36. The first-order valence-corrected chi connectivity index (χ1v) is 8.46. The van der Waals surface area contributed by atoms with Crippen molar-refractivity contribution in [3.05, 3.63) is 55.5 Å². The largest absolute Gasteiger partial charge is 0.506 e. The van der Waals surface area contributed by atoms with Gasteiger partial charge in [-0.1, -0.05) is 46.4 Å². The predicted octanol–water partition coefficient (Wildman–Crippen LogP) is 4.80. The SMILES string of the molecule is O=C(O)CN(Cc1cc(Cl)cc(Cl)c1O)Cc1cc(Cl)cc(Cl)c1O. The molecule has 0 radical (unpaired) electrons. The van der Waals surface area contributed by atoms with Gasteiger partial charge in [-0.2, -0.15) is 0 Å². The molecule has 0 heterocycles. The summed E-state index contributed by atoms with van der Waals surface area (Å²) in [4.78, 5) is 12.6. The van der Waals surface area contributed by atoms with E-state index in [9.17, 15) is 15.0 Å². The number of benzene rings is 2. The van der Waals surface area contributed by atoms with Gasteiger partial charge >= 0.3 is 5.97 Å². The monoisotopic (exact) mass is 423 g/mol. The fraction of sp³-hybridized carbons (Fsp3) is 0.188. The van der Waals surface area contributed by atoms with Crippen LogP contribution in [0, 0.1) is 0 Å². The van der Waals surface area contributed by atoms with Crippen LogP contribution in [0.1, 0.15) is 11.1 Å². The zero-order valence-corrected chi connectivity index (χ0v) is 15.7. The summed E-state index contributed by atoms with van der Waals surface area (Å²) >= 11 is 23.6. The summed E-state index contributed by atoms with van der Waals surface area (Å²) in [7, 11) is 0. The third kappa shape index (κ3) is 5.30. The smallest absolute Gasteiger partial charge is 0.317 e. The third-order valence-corrected chi connectivity index (χ3v) is 4.37. The van der Waals surface area contributed by atoms with Gasteiger partial charge in [0.1, 0.15) is 11.5 Å². The van der Waals surface area contributed by atoms with Gasteiger partial charge < -0.3 is 15.3 Å². The Morgan fingerprint density at radius 3 is 1.60 bits per heavy atom. The number of carboxylic acids is 1. The standard InChI is InChI=1S/C16H13Cl4NO4/c17-10-1-8(15(24)12(19)3-10)5-21(7-14(22)23)6-9-2-11(18)4-13(20)16(9)25/h1-4,24-25H,5-7H2,(H,22,23). The molecule has 0 aliphatic rings. The maximum absolute atomic E-state index is 11.2. The van der Waals surface area contributed by atoms with Gasteiger partial charge in [-0.25, -0.2) is 0 Å². The Kier molecular flexibility index (Phi) is 6.65. The Balaban J connectivity index is 2.33. The van der Waals surface area contributed by atoms with Crippen LogP contribution < -0.4 is 0 Å². The fourth-order valence-corrected chi connectivity index (χ4v) is 3.39. The molecule has 25 heavy (non-hydrogen) atoms. The van der Waals surface area contributed by atoms with Gasteiger partial charge in [-0.3, -0.25) is 9.69 Å². The van der Waals surface area contributed by atoms with Crippen LogP contribution in [0.15, 0.2) is 24.3 Å². The average Bonchev–Trinajstić information content (AvgIpc) is 2.48. The highest BCUT2D eigenvalue weighted by Gasteiger charge is 2.18. The maximum Gasteiger partial charge on any atom is 0.317 e. The van der Waals surface area contributed by atoms with E-state index in [1.165, 1.54) is 29.2 Å². The van der Waals surface area contributed by atoms with Gasteiger partial charge in [0.05, 0.1) is 16.6 Å². The number of halogens is 4. The molecule has 0 amide bonds. The van der Waals surface area contributed by atoms with Gasteiger partial charge in [0.25, 0.3) is 0 Å². The molecule has 0 fully saturated rings. The molecule has 2 rings (SSSR count). The molecule has 0 bridgehead atoms. The normalized spacial score (nSPS) is 11.1. The van der Waals surface area contributed by atoms with Gasteiger partial charge in [0.15, 0.2) is 0 Å². The number of nitrogens with zero attached hydrogens (tertiary/aromatic N) is 1. The van der Waals surface area contributed by atoms with Crippen molar-refractivity contribution in [2.45, 2.75) is 13.1 Å². The van der Waals surface area contributed by atoms with Gasteiger partial charge in [-0.15, -0.1) is 0 Å². The molecule has 0 aromatic heterocycles. The molecular weight excluding hydrogens is 412 g/mol. The molecule has 2 aromatic rings. The molecule has 9 heteroatoms. The van der Waals surface area contributed by atoms with Crippen LogP contribution >= 0.6 is 46.4 Å². The molecular formula is C16H13Cl4NO4. The number of aliphatic carboxylic acids is 1. The highest BCUT2D eigenvalue weighted by Crippen LogP contribution is 2.34. The first-order chi connectivity index (χ1) is 11.7. The third-order valence-electron chi connectivity index (χ3n) is 3.36. The van der Waals surface area contributed by atoms with E-state index in [1.807, 2.05) is 0 Å². The molecule has 0 unspecified atom stereocenters. The number of phenols is 2. The van der Waals surface area contributed by atoms with Crippen LogP contribution in [0.4, 0.5) is 0 Å². The van der Waals surface area contributed by atoms with E-state index >= 15 is 0 Å². The van der Waals surface area contributed by atoms with E-state index < -0.39 is 5.97 Å². The van der Waals surface area contributed by atoms with E-state index in [0.717, 1.165) is 0 Å². The van der Waals surface area contributed by atoms with E-state index in [2.05, 4.69) is 0 Å². The quantitative estimate of drug-likeness (QED) is 0.620. The Bertz CT molecular complexity index is 754. The topological polar surface area (TPSA) is 81.0 Å². The van der Waals surface area contributed by atoms with Crippen LogP contribution in [0.3, 0.4) is 0 Å². The van der Waals surface area contributed by atoms with Crippen LogP contribution in [0.25, 0.3) is 0 Å². The van der Waals surface area contributed by atoms with Gasteiger partial charge in [0.2, 0.25) is 0 Å². The van der Waals surface area contributed by atoms with Crippen molar-refractivity contribution in [2.24, 2.45) is 0 Å². The number of phenolic OH excluding ortho intramolecular Hbond substituents is 2. The first kappa shape index (κ1) is 19.9. The Labute approximate surface area is 163 Å². The summed E-state index contributed by atoms with van der Waals surface area (Å²) in [5, 5.41) is 30.0. The van der Waals surface area contributed by atoms with Gasteiger partial charge in [0, 0.05) is 34.3 Å². The summed E-state index contributed by atoms with van der Waals surface area (Å²) in [5.41, 5.74) is 0.706. The number of rotatable bonds is 6. The predicted molar refractivity (Wildman–Crippen MR) is 98.0 cm³/mol. The maximum atomic E-state index is 11.2. The highest BCUT2D eigenvalue weighted by atomic mass is 35.5. The molecule has 0 spiro atoms. The van der Waals surface area contributed by atoms with Crippen molar-refractivity contribution in [2.75, 3.05) is 6.54 Å². The number of hydrogen-bond donors (Lipinski definition) is 3. The van der Waals surface area contributed by atoms with E-state index in [1.54, 1.807) is 0 Å². The van der Waals surface area contributed by atoms with Crippen molar-refractivity contribution in [3.8, 4) is 11.5 Å². The number of carbonyl (C=O) groups is 1. The minimum Gasteiger partial charge on any atom is -0.506 e. The molecule has 3 N–H and O–H groups in total. The Hall–Kier alpha value is -1.37. The first-order valence-electron chi connectivity index (χ1n) is 6.95. The number of hydrogen-bond acceptors (Lipinski definition) is 4. The number of carboxylic acid groups (broad SMARTS) is 1. The minimum atomic E-state index is -1.08. The minimum absolute atomic E-state index is 0.0297. The molecule has 0 atom stereocenters. The Morgan fingerprint density at radius 1 is 0.840 bits per heavy atom. The van der Waals surface area contributed by atoms with Crippen molar-refractivity contribution < 1.29 is 20.1 Å². The molecule has 0 aliphatic carbocycles. The lowest BCUT2D eigenvalue weighted by Crippen LogP contribution is -2.29. The lowest BCUT2D eigenvalue weighted by atomic mass is 10.1. The zero-order chi connectivity index (χ0) is 18.7. The summed E-state index contributed by atoms with van der Waals surface area (Å²) < 4.78 is 0. The molecule has 134 valence electrons. The summed E-state index contributed by atoms with van der Waals surface area (Å²) in [6.07, 6.45) is 0. The van der Waals surface area contributed by atoms with Crippen LogP contribution in [-0.2, 0) is 17.9 Å². The van der Waals surface area contributed by atoms with Crippen molar-refractivity contribution in [1.82, 2.24) is 4.90 Å². The van der Waals surface area contributed by atoms with Crippen molar-refractivity contribution in [1.29, 1.82) is 0 Å². The second-order valence-electron chi connectivity index (χ2n) is 5.33. The average molecular weight is 425 g/mol.